The van der Waals surface area contributed by atoms with Gasteiger partial charge in [-0.25, -0.2) is 4.98 Å². The van der Waals surface area contributed by atoms with Crippen molar-refractivity contribution in [2.24, 2.45) is 0 Å². The standard InChI is InChI=1S/C19H17F2N3OS/c1-23(11-16-22-8-9-24(16)19(20)21)18(25)15-10-13-7-6-12-4-2-3-5-14(12)17(13)26-15/h2-5,8-10,19H,6-7,11H2,1H3. The lowest BCUT2D eigenvalue weighted by atomic mass is 9.91. The van der Waals surface area contributed by atoms with Crippen LogP contribution < -0.4 is 0 Å². The van der Waals surface area contributed by atoms with Gasteiger partial charge in [0, 0.05) is 24.3 Å². The summed E-state index contributed by atoms with van der Waals surface area (Å²) in [6.45, 7) is -2.63. The molecule has 4 nitrogen and oxygen atoms in total. The first-order chi connectivity index (χ1) is 12.5. The molecule has 0 atom stereocenters. The first kappa shape index (κ1) is 16.9. The van der Waals surface area contributed by atoms with E-state index in [-0.39, 0.29) is 18.3 Å². The molecule has 1 amide bonds. The smallest absolute Gasteiger partial charge is 0.319 e. The Kier molecular flexibility index (Phi) is 4.32. The summed E-state index contributed by atoms with van der Waals surface area (Å²) in [7, 11) is 1.61. The van der Waals surface area contributed by atoms with E-state index >= 15 is 0 Å². The summed E-state index contributed by atoms with van der Waals surface area (Å²) < 4.78 is 26.7. The van der Waals surface area contributed by atoms with Gasteiger partial charge in [-0.1, -0.05) is 24.3 Å². The largest absolute Gasteiger partial charge is 0.334 e. The van der Waals surface area contributed by atoms with Gasteiger partial charge in [0.1, 0.15) is 5.82 Å². The van der Waals surface area contributed by atoms with Gasteiger partial charge < -0.3 is 4.90 Å². The van der Waals surface area contributed by atoms with Crippen molar-refractivity contribution in [2.75, 3.05) is 7.05 Å². The molecule has 1 aliphatic rings. The molecule has 134 valence electrons. The van der Waals surface area contributed by atoms with Gasteiger partial charge in [0.25, 0.3) is 5.91 Å². The number of thiophene rings is 1. The van der Waals surface area contributed by atoms with Crippen molar-refractivity contribution in [2.45, 2.75) is 25.9 Å². The van der Waals surface area contributed by atoms with Gasteiger partial charge in [-0.05, 0) is 35.6 Å². The lowest BCUT2D eigenvalue weighted by Gasteiger charge is -2.16. The molecule has 7 heteroatoms. The van der Waals surface area contributed by atoms with Gasteiger partial charge >= 0.3 is 6.55 Å². The lowest BCUT2D eigenvalue weighted by Crippen LogP contribution is -2.27. The van der Waals surface area contributed by atoms with Crippen molar-refractivity contribution in [3.63, 3.8) is 0 Å². The van der Waals surface area contributed by atoms with E-state index < -0.39 is 6.55 Å². The number of halogens is 2. The number of alkyl halides is 2. The molecule has 4 rings (SSSR count). The summed E-state index contributed by atoms with van der Waals surface area (Å²) >= 11 is 1.47. The fourth-order valence-corrected chi connectivity index (χ4v) is 4.56. The maximum atomic E-state index is 13.0. The van der Waals surface area contributed by atoms with Crippen LogP contribution in [0.4, 0.5) is 8.78 Å². The van der Waals surface area contributed by atoms with E-state index in [1.807, 2.05) is 18.2 Å². The zero-order valence-corrected chi connectivity index (χ0v) is 15.0. The quantitative estimate of drug-likeness (QED) is 0.681. The lowest BCUT2D eigenvalue weighted by molar-refractivity contribution is 0.0613. The number of amides is 1. The molecule has 0 spiro atoms. The zero-order chi connectivity index (χ0) is 18.3. The molecule has 2 aromatic heterocycles. The second kappa shape index (κ2) is 6.64. The highest BCUT2D eigenvalue weighted by Gasteiger charge is 2.24. The molecule has 0 aliphatic heterocycles. The Morgan fingerprint density at radius 2 is 2.08 bits per heavy atom. The van der Waals surface area contributed by atoms with Crippen molar-refractivity contribution in [3.8, 4) is 10.4 Å². The fourth-order valence-electron chi connectivity index (χ4n) is 3.29. The van der Waals surface area contributed by atoms with Gasteiger partial charge in [-0.2, -0.15) is 8.78 Å². The maximum absolute atomic E-state index is 13.0. The first-order valence-electron chi connectivity index (χ1n) is 8.31. The number of imidazole rings is 1. The Labute approximate surface area is 153 Å². The maximum Gasteiger partial charge on any atom is 0.319 e. The third-order valence-corrected chi connectivity index (χ3v) is 5.83. The van der Waals surface area contributed by atoms with Crippen LogP contribution in [-0.2, 0) is 19.4 Å². The van der Waals surface area contributed by atoms with E-state index in [0.717, 1.165) is 22.3 Å². The highest BCUT2D eigenvalue weighted by molar-refractivity contribution is 7.17. The van der Waals surface area contributed by atoms with Gasteiger partial charge in [0.05, 0.1) is 11.4 Å². The van der Waals surface area contributed by atoms with Gasteiger partial charge in [0.15, 0.2) is 0 Å². The van der Waals surface area contributed by atoms with Crippen LogP contribution in [0.1, 0.15) is 33.2 Å². The molecule has 1 aromatic carbocycles. The Morgan fingerprint density at radius 3 is 2.88 bits per heavy atom. The number of benzene rings is 1. The number of rotatable bonds is 4. The van der Waals surface area contributed by atoms with Crippen LogP contribution in [0.5, 0.6) is 0 Å². The number of fused-ring (bicyclic) bond motifs is 3. The number of hydrogen-bond acceptors (Lipinski definition) is 3. The molecule has 26 heavy (non-hydrogen) atoms. The molecule has 0 unspecified atom stereocenters. The molecule has 0 bridgehead atoms. The van der Waals surface area contributed by atoms with E-state index in [1.54, 1.807) is 7.05 Å². The Hall–Kier alpha value is -2.54. The first-order valence-corrected chi connectivity index (χ1v) is 9.12. The molecule has 0 radical (unpaired) electrons. The second-order valence-corrected chi connectivity index (χ2v) is 7.36. The minimum atomic E-state index is -2.67. The predicted molar refractivity (Wildman–Crippen MR) is 96.4 cm³/mol. The number of nitrogens with zero attached hydrogens (tertiary/aromatic N) is 3. The third kappa shape index (κ3) is 2.92. The van der Waals surface area contributed by atoms with Crippen LogP contribution in [0.2, 0.25) is 0 Å². The van der Waals surface area contributed by atoms with Crippen molar-refractivity contribution in [1.82, 2.24) is 14.5 Å². The minimum absolute atomic E-state index is 0.0370. The number of carbonyl (C=O) groups is 1. The van der Waals surface area contributed by atoms with Crippen LogP contribution in [0.25, 0.3) is 10.4 Å². The topological polar surface area (TPSA) is 38.1 Å². The molecular formula is C19H17F2N3OS. The van der Waals surface area contributed by atoms with Crippen molar-refractivity contribution >= 4 is 17.2 Å². The van der Waals surface area contributed by atoms with Crippen molar-refractivity contribution in [1.29, 1.82) is 0 Å². The highest BCUT2D eigenvalue weighted by atomic mass is 32.1. The molecule has 0 saturated heterocycles. The number of hydrogen-bond donors (Lipinski definition) is 0. The summed E-state index contributed by atoms with van der Waals surface area (Å²) in [6.07, 6.45) is 4.42. The van der Waals surface area contributed by atoms with E-state index in [4.69, 9.17) is 0 Å². The minimum Gasteiger partial charge on any atom is -0.334 e. The molecule has 0 fully saturated rings. The normalized spacial score (nSPS) is 12.8. The van der Waals surface area contributed by atoms with Crippen LogP contribution in [-0.4, -0.2) is 27.4 Å². The van der Waals surface area contributed by atoms with Crippen molar-refractivity contribution in [3.05, 3.63) is 64.6 Å². The van der Waals surface area contributed by atoms with Crippen molar-refractivity contribution < 1.29 is 13.6 Å². The van der Waals surface area contributed by atoms with Crippen LogP contribution in [0, 0.1) is 0 Å². The average molecular weight is 373 g/mol. The Balaban J connectivity index is 1.58. The van der Waals surface area contributed by atoms with E-state index in [0.29, 0.717) is 4.88 Å². The van der Waals surface area contributed by atoms with Gasteiger partial charge in [-0.15, -0.1) is 11.3 Å². The summed E-state index contributed by atoms with van der Waals surface area (Å²) in [5.41, 5.74) is 3.67. The molecular weight excluding hydrogens is 356 g/mol. The van der Waals surface area contributed by atoms with E-state index in [1.165, 1.54) is 45.3 Å². The fraction of sp³-hybridized carbons (Fsp3) is 0.263. The van der Waals surface area contributed by atoms with Crippen LogP contribution in [0.3, 0.4) is 0 Å². The molecule has 0 N–H and O–H groups in total. The molecule has 1 aliphatic carbocycles. The summed E-state index contributed by atoms with van der Waals surface area (Å²) in [6, 6.07) is 10.2. The number of carbonyl (C=O) groups excluding carboxylic acids is 1. The van der Waals surface area contributed by atoms with Crippen LogP contribution in [0.15, 0.2) is 42.7 Å². The van der Waals surface area contributed by atoms with E-state index in [2.05, 4.69) is 17.1 Å². The Bertz CT molecular complexity index is 963. The molecule has 3 aromatic rings. The summed E-state index contributed by atoms with van der Waals surface area (Å²) in [5, 5.41) is 0. The average Bonchev–Trinajstić information content (AvgIpc) is 3.27. The van der Waals surface area contributed by atoms with Gasteiger partial charge in [-0.3, -0.25) is 9.36 Å². The Morgan fingerprint density at radius 1 is 1.31 bits per heavy atom. The summed E-state index contributed by atoms with van der Waals surface area (Å²) in [4.78, 5) is 19.9. The monoisotopic (exact) mass is 373 g/mol. The highest BCUT2D eigenvalue weighted by Crippen LogP contribution is 2.39. The summed E-state index contributed by atoms with van der Waals surface area (Å²) in [5.74, 6) is -0.00628. The molecule has 2 heterocycles. The zero-order valence-electron chi connectivity index (χ0n) is 14.2. The number of aryl methyl sites for hydroxylation is 2. The third-order valence-electron chi connectivity index (χ3n) is 4.63. The van der Waals surface area contributed by atoms with E-state index in [9.17, 15) is 13.6 Å². The van der Waals surface area contributed by atoms with Crippen LogP contribution >= 0.6 is 11.3 Å². The molecule has 0 saturated carbocycles. The SMILES string of the molecule is CN(Cc1nccn1C(F)F)C(=O)c1cc2c(s1)-c1ccccc1CC2. The predicted octanol–water partition coefficient (Wildman–Crippen LogP) is 4.38. The number of aromatic nitrogens is 2. The second-order valence-electron chi connectivity index (χ2n) is 6.31. The van der Waals surface area contributed by atoms with Gasteiger partial charge in [0.2, 0.25) is 0 Å².